The zero-order valence-corrected chi connectivity index (χ0v) is 24.0. The van der Waals surface area contributed by atoms with Crippen molar-refractivity contribution in [1.82, 2.24) is 9.80 Å². The quantitative estimate of drug-likeness (QED) is 0.325. The average molecular weight is 555 g/mol. The Hall–Kier alpha value is -2.47. The lowest BCUT2D eigenvalue weighted by atomic mass is 9.67. The molecule has 2 unspecified atom stereocenters. The molecule has 2 aliphatic heterocycles. The molecule has 5 rings (SSSR count). The van der Waals surface area contributed by atoms with E-state index in [2.05, 4.69) is 59.7 Å². The van der Waals surface area contributed by atoms with Crippen LogP contribution in [0.2, 0.25) is 0 Å². The van der Waals surface area contributed by atoms with Crippen molar-refractivity contribution in [2.75, 3.05) is 39.3 Å². The molecule has 2 aromatic rings. The largest absolute Gasteiger partial charge is 0.493 e. The summed E-state index contributed by atoms with van der Waals surface area (Å²) >= 11 is 0. The molecule has 1 saturated carbocycles. The highest BCUT2D eigenvalue weighted by Crippen LogP contribution is 2.53. The zero-order chi connectivity index (χ0) is 28.2. The summed E-state index contributed by atoms with van der Waals surface area (Å²) in [6.45, 7) is 11.1. The van der Waals surface area contributed by atoms with Gasteiger partial charge in [-0.15, -0.1) is 0 Å². The third-order valence-electron chi connectivity index (χ3n) is 9.56. The number of hydrogen-bond donors (Lipinski definition) is 0. The molecule has 40 heavy (non-hydrogen) atoms. The summed E-state index contributed by atoms with van der Waals surface area (Å²) in [6.07, 6.45) is 3.67. The van der Waals surface area contributed by atoms with Crippen molar-refractivity contribution < 1.29 is 17.9 Å². The molecule has 2 saturated heterocycles. The molecular formula is C34H45F3N2O. The fourth-order valence-electron chi connectivity index (χ4n) is 6.71. The molecule has 0 amide bonds. The smallest absolute Gasteiger partial charge is 0.395 e. The van der Waals surface area contributed by atoms with Gasteiger partial charge in [-0.25, -0.2) is 0 Å². The Balaban J connectivity index is 1.11. The first-order valence-corrected chi connectivity index (χ1v) is 15.3. The minimum absolute atomic E-state index is 0.165. The second kappa shape index (κ2) is 12.6. The molecule has 2 atom stereocenters. The van der Waals surface area contributed by atoms with Crippen molar-refractivity contribution in [2.24, 2.45) is 17.3 Å². The van der Waals surface area contributed by atoms with Crippen molar-refractivity contribution in [3.63, 3.8) is 0 Å². The summed E-state index contributed by atoms with van der Waals surface area (Å²) in [4.78, 5) is 4.48. The molecule has 0 N–H and O–H groups in total. The van der Waals surface area contributed by atoms with Gasteiger partial charge < -0.3 is 14.5 Å². The van der Waals surface area contributed by atoms with Gasteiger partial charge in [-0.3, -0.25) is 0 Å². The van der Waals surface area contributed by atoms with Gasteiger partial charge in [0, 0.05) is 25.3 Å². The van der Waals surface area contributed by atoms with Crippen LogP contribution in [0.1, 0.15) is 70.3 Å². The van der Waals surface area contributed by atoms with Gasteiger partial charge in [0.15, 0.2) is 0 Å². The maximum Gasteiger partial charge on any atom is 0.395 e. The normalized spacial score (nSPS) is 24.1. The van der Waals surface area contributed by atoms with Gasteiger partial charge in [-0.1, -0.05) is 62.7 Å². The van der Waals surface area contributed by atoms with Crippen molar-refractivity contribution >= 4 is 5.70 Å². The van der Waals surface area contributed by atoms with Crippen LogP contribution in [-0.4, -0.2) is 55.3 Å². The topological polar surface area (TPSA) is 15.7 Å². The van der Waals surface area contributed by atoms with Crippen LogP contribution in [0.3, 0.4) is 0 Å². The van der Waals surface area contributed by atoms with Crippen LogP contribution in [0.5, 0.6) is 5.75 Å². The Labute approximate surface area is 238 Å². The Kier molecular flexibility index (Phi) is 9.14. The molecule has 0 radical (unpaired) electrons. The zero-order valence-electron chi connectivity index (χ0n) is 24.0. The van der Waals surface area contributed by atoms with Gasteiger partial charge in [-0.2, -0.15) is 13.2 Å². The first kappa shape index (κ1) is 29.0. The van der Waals surface area contributed by atoms with Crippen LogP contribution in [0.25, 0.3) is 16.8 Å². The summed E-state index contributed by atoms with van der Waals surface area (Å²) in [6, 6.07) is 16.9. The van der Waals surface area contributed by atoms with E-state index < -0.39 is 11.6 Å². The predicted octanol–water partition coefficient (Wildman–Crippen LogP) is 8.66. The van der Waals surface area contributed by atoms with Crippen molar-refractivity contribution in [3.8, 4) is 16.9 Å². The van der Waals surface area contributed by atoms with Crippen molar-refractivity contribution in [1.29, 1.82) is 0 Å². The van der Waals surface area contributed by atoms with Crippen molar-refractivity contribution in [2.45, 2.75) is 70.9 Å². The molecule has 3 aliphatic rings. The average Bonchev–Trinajstić information content (AvgIpc) is 2.91. The highest BCUT2D eigenvalue weighted by Gasteiger charge is 2.58. The number of nitrogens with zero attached hydrogens (tertiary/aromatic N) is 2. The lowest BCUT2D eigenvalue weighted by Gasteiger charge is -2.46. The third-order valence-corrected chi connectivity index (χ3v) is 9.56. The molecule has 2 aromatic carbocycles. The van der Waals surface area contributed by atoms with Crippen LogP contribution in [0.4, 0.5) is 13.2 Å². The number of ether oxygens (including phenoxy) is 1. The molecule has 3 nitrogen and oxygen atoms in total. The van der Waals surface area contributed by atoms with Gasteiger partial charge >= 0.3 is 6.18 Å². The van der Waals surface area contributed by atoms with Gasteiger partial charge in [0.05, 0.1) is 12.0 Å². The Morgan fingerprint density at radius 1 is 0.875 bits per heavy atom. The number of hydrogen-bond acceptors (Lipinski definition) is 3. The monoisotopic (exact) mass is 554 g/mol. The molecule has 6 heteroatoms. The maximum absolute atomic E-state index is 13.7. The highest BCUT2D eigenvalue weighted by atomic mass is 19.4. The third kappa shape index (κ3) is 6.87. The number of benzene rings is 2. The minimum atomic E-state index is -4.09. The molecule has 0 aromatic heterocycles. The second-order valence-electron chi connectivity index (χ2n) is 12.6. The highest BCUT2D eigenvalue weighted by molar-refractivity contribution is 5.69. The van der Waals surface area contributed by atoms with Crippen LogP contribution in [0, 0.1) is 17.3 Å². The van der Waals surface area contributed by atoms with Crippen LogP contribution in [0.15, 0.2) is 55.1 Å². The molecule has 3 fully saturated rings. The molecule has 1 aliphatic carbocycles. The Morgan fingerprint density at radius 2 is 1.57 bits per heavy atom. The predicted molar refractivity (Wildman–Crippen MR) is 157 cm³/mol. The molecule has 0 spiro atoms. The van der Waals surface area contributed by atoms with E-state index >= 15 is 0 Å². The summed E-state index contributed by atoms with van der Waals surface area (Å²) in [5.41, 5.74) is 3.13. The van der Waals surface area contributed by atoms with E-state index in [-0.39, 0.29) is 19.4 Å². The van der Waals surface area contributed by atoms with Gasteiger partial charge in [0.25, 0.3) is 0 Å². The van der Waals surface area contributed by atoms with E-state index in [0.717, 1.165) is 74.8 Å². The maximum atomic E-state index is 13.7. The number of rotatable bonds is 8. The van der Waals surface area contributed by atoms with E-state index in [0.29, 0.717) is 18.9 Å². The molecule has 0 bridgehead atoms. The fourth-order valence-corrected chi connectivity index (χ4v) is 6.71. The van der Waals surface area contributed by atoms with E-state index in [9.17, 15) is 13.2 Å². The molecule has 2 heterocycles. The van der Waals surface area contributed by atoms with E-state index in [1.54, 1.807) is 0 Å². The second-order valence-corrected chi connectivity index (χ2v) is 12.6. The van der Waals surface area contributed by atoms with Gasteiger partial charge in [0.1, 0.15) is 5.75 Å². The minimum Gasteiger partial charge on any atom is -0.493 e. The fraction of sp³-hybridized carbons (Fsp3) is 0.588. The molecule has 218 valence electrons. The molecular weight excluding hydrogens is 509 g/mol. The summed E-state index contributed by atoms with van der Waals surface area (Å²) < 4.78 is 47.2. The first-order chi connectivity index (χ1) is 19.2. The standard InChI is InChI=1S/C34H45F3N2O/c1-26-7-5-21-39(23-26)27(2)29-9-11-30(12-10-29)31-13-15-32(16-14-31)40-24-28-8-3-4-20-38(22-17-28)25-33(18-6-19-33)34(35,36)37/h9-16,26,28H,2-8,17-25H2,1H3. The first-order valence-electron chi connectivity index (χ1n) is 15.3. The van der Waals surface area contributed by atoms with Crippen LogP contribution < -0.4 is 4.74 Å². The SMILES string of the molecule is C=C(c1ccc(-c2ccc(OCC3CCCCN(CC4(C(F)(F)F)CCC4)CC3)cc2)cc1)N1CCCC(C)C1. The van der Waals surface area contributed by atoms with Crippen LogP contribution in [-0.2, 0) is 0 Å². The Morgan fingerprint density at radius 3 is 2.20 bits per heavy atom. The van der Waals surface area contributed by atoms with Crippen LogP contribution >= 0.6 is 0 Å². The van der Waals surface area contributed by atoms with Gasteiger partial charge in [-0.05, 0) is 98.7 Å². The number of piperidine rings is 1. The number of halogens is 3. The summed E-state index contributed by atoms with van der Waals surface area (Å²) in [5, 5.41) is 0. The van der Waals surface area contributed by atoms with E-state index in [4.69, 9.17) is 4.74 Å². The summed E-state index contributed by atoms with van der Waals surface area (Å²) in [7, 11) is 0. The van der Waals surface area contributed by atoms with E-state index in [1.165, 1.54) is 24.0 Å². The number of likely N-dealkylation sites (tertiary alicyclic amines) is 2. The lowest BCUT2D eigenvalue weighted by Crippen LogP contribution is -2.52. The summed E-state index contributed by atoms with van der Waals surface area (Å²) in [5.74, 6) is 1.93. The van der Waals surface area contributed by atoms with Crippen molar-refractivity contribution in [3.05, 3.63) is 60.7 Å². The lowest BCUT2D eigenvalue weighted by molar-refractivity contribution is -0.256. The Bertz CT molecular complexity index is 1110. The van der Waals surface area contributed by atoms with E-state index in [1.807, 2.05) is 12.1 Å². The van der Waals surface area contributed by atoms with Gasteiger partial charge in [0.2, 0.25) is 0 Å². The number of alkyl halides is 3.